The van der Waals surface area contributed by atoms with Crippen LogP contribution in [0.2, 0.25) is 0 Å². The van der Waals surface area contributed by atoms with E-state index in [0.717, 1.165) is 10.2 Å². The number of halogens is 1. The molecular weight excluding hydrogens is 378 g/mol. The van der Waals surface area contributed by atoms with E-state index in [1.54, 1.807) is 23.9 Å². The Hall–Kier alpha value is -1.73. The number of benzene rings is 1. The molecule has 0 bridgehead atoms. The highest BCUT2D eigenvalue weighted by atomic mass is 79.9. The third kappa shape index (κ3) is 5.44. The highest BCUT2D eigenvalue weighted by molar-refractivity contribution is 9.10. The average Bonchev–Trinajstić information content (AvgIpc) is 2.84. The number of amides is 2. The summed E-state index contributed by atoms with van der Waals surface area (Å²) in [6.07, 6.45) is 1.77. The van der Waals surface area contributed by atoms with Crippen molar-refractivity contribution < 1.29 is 9.59 Å². The van der Waals surface area contributed by atoms with Crippen LogP contribution < -0.4 is 10.9 Å². The summed E-state index contributed by atoms with van der Waals surface area (Å²) < 4.78 is 2.49. The van der Waals surface area contributed by atoms with Crippen LogP contribution in [0.4, 0.5) is 0 Å². The summed E-state index contributed by atoms with van der Waals surface area (Å²) in [6.45, 7) is 2.04. The zero-order valence-corrected chi connectivity index (χ0v) is 15.3. The molecule has 2 amide bonds. The van der Waals surface area contributed by atoms with Crippen molar-refractivity contribution in [2.75, 3.05) is 5.75 Å². The number of hydrogen-bond acceptors (Lipinski definition) is 3. The minimum absolute atomic E-state index is 0.232. The van der Waals surface area contributed by atoms with Gasteiger partial charge in [0.05, 0.1) is 5.75 Å². The molecule has 2 rings (SSSR count). The molecular formula is C16H18BrN3O2S. The summed E-state index contributed by atoms with van der Waals surface area (Å²) in [7, 11) is 1.76. The Morgan fingerprint density at radius 2 is 2.04 bits per heavy atom. The lowest BCUT2D eigenvalue weighted by atomic mass is 10.2. The molecule has 0 unspecified atom stereocenters. The summed E-state index contributed by atoms with van der Waals surface area (Å²) in [5.41, 5.74) is 7.69. The van der Waals surface area contributed by atoms with Gasteiger partial charge in [-0.2, -0.15) is 0 Å². The second-order valence-electron chi connectivity index (χ2n) is 5.14. The van der Waals surface area contributed by atoms with Crippen molar-refractivity contribution in [1.29, 1.82) is 0 Å². The first kappa shape index (κ1) is 17.6. The van der Waals surface area contributed by atoms with Gasteiger partial charge in [-0.15, -0.1) is 11.8 Å². The summed E-state index contributed by atoms with van der Waals surface area (Å²) in [5, 5.41) is 0. The number of nitrogens with one attached hydrogen (secondary N) is 2. The number of hydrazine groups is 1. The van der Waals surface area contributed by atoms with Gasteiger partial charge in [0.25, 0.3) is 5.91 Å². The number of carbonyl (C=O) groups excluding carboxylic acids is 2. The molecule has 0 aliphatic rings. The molecule has 5 nitrogen and oxygen atoms in total. The zero-order chi connectivity index (χ0) is 16.8. The van der Waals surface area contributed by atoms with Crippen LogP contribution in [0, 0.1) is 6.92 Å². The van der Waals surface area contributed by atoms with Crippen molar-refractivity contribution in [2.24, 2.45) is 7.05 Å². The van der Waals surface area contributed by atoms with Crippen LogP contribution in [0.1, 0.15) is 21.6 Å². The first-order valence-electron chi connectivity index (χ1n) is 7.00. The third-order valence-corrected chi connectivity index (χ3v) is 4.54. The fourth-order valence-electron chi connectivity index (χ4n) is 2.04. The van der Waals surface area contributed by atoms with E-state index in [1.807, 2.05) is 25.1 Å². The lowest BCUT2D eigenvalue weighted by molar-refractivity contribution is -0.119. The van der Waals surface area contributed by atoms with Crippen molar-refractivity contribution >= 4 is 39.5 Å². The highest BCUT2D eigenvalue weighted by Gasteiger charge is 2.11. The average molecular weight is 396 g/mol. The van der Waals surface area contributed by atoms with Crippen LogP contribution >= 0.6 is 27.7 Å². The van der Waals surface area contributed by atoms with Crippen molar-refractivity contribution in [1.82, 2.24) is 15.4 Å². The van der Waals surface area contributed by atoms with E-state index in [-0.39, 0.29) is 17.6 Å². The maximum atomic E-state index is 11.9. The summed E-state index contributed by atoms with van der Waals surface area (Å²) in [5.74, 6) is 0.457. The number of hydrogen-bond donors (Lipinski definition) is 2. The third-order valence-electron chi connectivity index (χ3n) is 3.10. The minimum Gasteiger partial charge on any atom is -0.345 e. The fourth-order valence-corrected chi connectivity index (χ4v) is 3.34. The lowest BCUT2D eigenvalue weighted by Gasteiger charge is -2.08. The van der Waals surface area contributed by atoms with Gasteiger partial charge in [0.1, 0.15) is 5.69 Å². The Labute approximate surface area is 147 Å². The highest BCUT2D eigenvalue weighted by Crippen LogP contribution is 2.14. The molecule has 0 aliphatic carbocycles. The molecule has 23 heavy (non-hydrogen) atoms. The number of rotatable bonds is 5. The number of aromatic nitrogens is 1. The van der Waals surface area contributed by atoms with Gasteiger partial charge in [0.2, 0.25) is 5.91 Å². The Bertz CT molecular complexity index is 715. The zero-order valence-electron chi connectivity index (χ0n) is 12.9. The van der Waals surface area contributed by atoms with Crippen molar-refractivity contribution in [3.63, 3.8) is 0 Å². The molecule has 1 heterocycles. The molecule has 7 heteroatoms. The van der Waals surface area contributed by atoms with E-state index in [2.05, 4.69) is 32.8 Å². The number of carbonyl (C=O) groups is 2. The maximum Gasteiger partial charge on any atom is 0.286 e. The monoisotopic (exact) mass is 395 g/mol. The maximum absolute atomic E-state index is 11.9. The molecule has 0 fully saturated rings. The van der Waals surface area contributed by atoms with Gasteiger partial charge in [0, 0.05) is 23.5 Å². The predicted molar refractivity (Wildman–Crippen MR) is 96.1 cm³/mol. The quantitative estimate of drug-likeness (QED) is 0.765. The second kappa shape index (κ2) is 8.21. The molecule has 0 aliphatic heterocycles. The van der Waals surface area contributed by atoms with Crippen LogP contribution in [0.3, 0.4) is 0 Å². The second-order valence-corrected chi connectivity index (χ2v) is 7.04. The van der Waals surface area contributed by atoms with E-state index in [0.29, 0.717) is 5.69 Å². The largest absolute Gasteiger partial charge is 0.345 e. The fraction of sp³-hybridized carbons (Fsp3) is 0.250. The molecule has 1 aromatic carbocycles. The van der Waals surface area contributed by atoms with Crippen LogP contribution in [0.25, 0.3) is 0 Å². The molecule has 2 aromatic rings. The van der Waals surface area contributed by atoms with E-state index in [4.69, 9.17) is 0 Å². The molecule has 0 atom stereocenters. The molecule has 122 valence electrons. The first-order chi connectivity index (χ1) is 11.0. The van der Waals surface area contributed by atoms with Crippen molar-refractivity contribution in [3.05, 3.63) is 57.8 Å². The molecule has 0 radical (unpaired) electrons. The lowest BCUT2D eigenvalue weighted by Crippen LogP contribution is -2.43. The molecule has 0 saturated heterocycles. The molecule has 1 aromatic heterocycles. The van der Waals surface area contributed by atoms with Gasteiger partial charge in [-0.1, -0.05) is 29.8 Å². The number of thioether (sulfide) groups is 1. The van der Waals surface area contributed by atoms with Crippen LogP contribution in [-0.4, -0.2) is 22.1 Å². The smallest absolute Gasteiger partial charge is 0.286 e. The van der Waals surface area contributed by atoms with Gasteiger partial charge in [-0.3, -0.25) is 20.4 Å². The SMILES string of the molecule is Cc1cccc(CSCC(=O)NNC(=O)c2cc(Br)cn2C)c1. The first-order valence-corrected chi connectivity index (χ1v) is 8.95. The van der Waals surface area contributed by atoms with Crippen LogP contribution in [0.15, 0.2) is 41.0 Å². The van der Waals surface area contributed by atoms with Gasteiger partial charge in [-0.25, -0.2) is 0 Å². The predicted octanol–water partition coefficient (Wildman–Crippen LogP) is 2.79. The van der Waals surface area contributed by atoms with E-state index >= 15 is 0 Å². The van der Waals surface area contributed by atoms with Crippen molar-refractivity contribution in [3.8, 4) is 0 Å². The van der Waals surface area contributed by atoms with E-state index < -0.39 is 0 Å². The minimum atomic E-state index is -0.352. The van der Waals surface area contributed by atoms with Gasteiger partial charge < -0.3 is 4.57 Å². The molecule has 2 N–H and O–H groups in total. The summed E-state index contributed by atoms with van der Waals surface area (Å²) in [4.78, 5) is 23.7. The van der Waals surface area contributed by atoms with Gasteiger partial charge in [0.15, 0.2) is 0 Å². The Balaban J connectivity index is 1.73. The molecule has 0 spiro atoms. The van der Waals surface area contributed by atoms with Crippen LogP contribution in [-0.2, 0) is 17.6 Å². The van der Waals surface area contributed by atoms with Gasteiger partial charge in [-0.05, 0) is 34.5 Å². The standard InChI is InChI=1S/C16H18BrN3O2S/c1-11-4-3-5-12(6-11)9-23-10-15(21)18-19-16(22)14-7-13(17)8-20(14)2/h3-8H,9-10H2,1-2H3,(H,18,21)(H,19,22). The van der Waals surface area contributed by atoms with E-state index in [9.17, 15) is 9.59 Å². The summed E-state index contributed by atoms with van der Waals surface area (Å²) >= 11 is 4.80. The Kier molecular flexibility index (Phi) is 6.29. The van der Waals surface area contributed by atoms with E-state index in [1.165, 1.54) is 22.9 Å². The topological polar surface area (TPSA) is 63.1 Å². The normalized spacial score (nSPS) is 10.4. The van der Waals surface area contributed by atoms with Crippen molar-refractivity contribution in [2.45, 2.75) is 12.7 Å². The molecule has 0 saturated carbocycles. The Morgan fingerprint density at radius 1 is 1.26 bits per heavy atom. The number of nitrogens with zero attached hydrogens (tertiary/aromatic N) is 1. The summed E-state index contributed by atoms with van der Waals surface area (Å²) in [6, 6.07) is 9.86. The number of aryl methyl sites for hydroxylation is 2. The van der Waals surface area contributed by atoms with Gasteiger partial charge >= 0.3 is 0 Å². The Morgan fingerprint density at radius 3 is 2.70 bits per heavy atom. The van der Waals surface area contributed by atoms with Crippen LogP contribution in [0.5, 0.6) is 0 Å².